The Hall–Kier alpha value is -3.04. The van der Waals surface area contributed by atoms with E-state index in [9.17, 15) is 4.79 Å². The first kappa shape index (κ1) is 24.1. The molecule has 4 rings (SSSR count). The normalized spacial score (nSPS) is 14.1. The molecule has 1 N–H and O–H groups in total. The van der Waals surface area contributed by atoms with Crippen LogP contribution in [0.5, 0.6) is 11.5 Å². The van der Waals surface area contributed by atoms with E-state index in [1.165, 1.54) is 36.6 Å². The summed E-state index contributed by atoms with van der Waals surface area (Å²) in [6.07, 6.45) is 3.75. The van der Waals surface area contributed by atoms with Gasteiger partial charge < -0.3 is 19.4 Å². The topological polar surface area (TPSA) is 81.5 Å². The Morgan fingerprint density at radius 1 is 0.971 bits per heavy atom. The van der Waals surface area contributed by atoms with Gasteiger partial charge in [-0.1, -0.05) is 48.5 Å². The molecule has 1 saturated heterocycles. The van der Waals surface area contributed by atoms with Crippen molar-refractivity contribution in [2.24, 2.45) is 0 Å². The van der Waals surface area contributed by atoms with Gasteiger partial charge in [0.25, 0.3) is 0 Å². The van der Waals surface area contributed by atoms with E-state index in [2.05, 4.69) is 37.1 Å². The van der Waals surface area contributed by atoms with Crippen molar-refractivity contribution in [2.45, 2.75) is 37.5 Å². The van der Waals surface area contributed by atoms with Crippen LogP contribution in [0, 0.1) is 0 Å². The van der Waals surface area contributed by atoms with Gasteiger partial charge in [0.15, 0.2) is 5.16 Å². The number of benzene rings is 2. The Kier molecular flexibility index (Phi) is 8.43. The predicted molar refractivity (Wildman–Crippen MR) is 134 cm³/mol. The summed E-state index contributed by atoms with van der Waals surface area (Å²) in [6.45, 7) is 3.63. The minimum Gasteiger partial charge on any atom is -0.497 e. The van der Waals surface area contributed by atoms with Crippen molar-refractivity contribution in [3.05, 3.63) is 59.9 Å². The average Bonchev–Trinajstić information content (AvgIpc) is 3.24. The van der Waals surface area contributed by atoms with Crippen LogP contribution in [0.15, 0.2) is 53.7 Å². The number of anilines is 1. The van der Waals surface area contributed by atoms with Gasteiger partial charge in [0.05, 0.1) is 33.1 Å². The zero-order valence-corrected chi connectivity index (χ0v) is 20.5. The minimum absolute atomic E-state index is 0.132. The second-order valence-corrected chi connectivity index (χ2v) is 9.19. The number of likely N-dealkylation sites (tertiary alicyclic amines) is 1. The van der Waals surface area contributed by atoms with Gasteiger partial charge in [-0.05, 0) is 31.5 Å². The van der Waals surface area contributed by atoms with Gasteiger partial charge in [-0.15, -0.1) is 10.2 Å². The van der Waals surface area contributed by atoms with Crippen LogP contribution in [0.4, 0.5) is 5.69 Å². The number of carbonyl (C=O) groups is 1. The molecule has 1 aromatic heterocycles. The Bertz CT molecular complexity index is 1060. The quantitative estimate of drug-likeness (QED) is 0.437. The monoisotopic (exact) mass is 481 g/mol. The maximum Gasteiger partial charge on any atom is 0.234 e. The third-order valence-electron chi connectivity index (χ3n) is 5.76. The molecule has 0 aliphatic carbocycles. The first-order valence-corrected chi connectivity index (χ1v) is 12.5. The highest BCUT2D eigenvalue weighted by atomic mass is 32.2. The lowest BCUT2D eigenvalue weighted by Gasteiger charge is -2.26. The number of amides is 1. The lowest BCUT2D eigenvalue weighted by atomic mass is 10.1. The molecule has 0 bridgehead atoms. The second-order valence-electron chi connectivity index (χ2n) is 8.25. The van der Waals surface area contributed by atoms with Crippen LogP contribution in [0.2, 0.25) is 0 Å². The molecule has 0 atom stereocenters. The highest BCUT2D eigenvalue weighted by Crippen LogP contribution is 2.26. The molecular weight excluding hydrogens is 450 g/mol. The van der Waals surface area contributed by atoms with Crippen LogP contribution in [0.1, 0.15) is 30.7 Å². The smallest absolute Gasteiger partial charge is 0.234 e. The summed E-state index contributed by atoms with van der Waals surface area (Å²) >= 11 is 1.39. The van der Waals surface area contributed by atoms with Crippen molar-refractivity contribution in [3.63, 3.8) is 0 Å². The van der Waals surface area contributed by atoms with E-state index in [4.69, 9.17) is 9.47 Å². The van der Waals surface area contributed by atoms with E-state index in [0.29, 0.717) is 23.7 Å². The van der Waals surface area contributed by atoms with E-state index in [1.54, 1.807) is 32.4 Å². The number of rotatable bonds is 10. The van der Waals surface area contributed by atoms with Crippen molar-refractivity contribution < 1.29 is 14.3 Å². The Labute approximate surface area is 204 Å². The number of piperidine rings is 1. The number of thioether (sulfide) groups is 1. The van der Waals surface area contributed by atoms with E-state index >= 15 is 0 Å². The highest BCUT2D eigenvalue weighted by Gasteiger charge is 2.19. The first-order chi connectivity index (χ1) is 16.6. The van der Waals surface area contributed by atoms with Crippen LogP contribution < -0.4 is 14.8 Å². The van der Waals surface area contributed by atoms with Crippen molar-refractivity contribution in [3.8, 4) is 11.5 Å². The van der Waals surface area contributed by atoms with Crippen LogP contribution in [0.3, 0.4) is 0 Å². The molecule has 0 radical (unpaired) electrons. The van der Waals surface area contributed by atoms with Gasteiger partial charge in [-0.3, -0.25) is 9.69 Å². The van der Waals surface area contributed by atoms with Crippen LogP contribution >= 0.6 is 11.8 Å². The lowest BCUT2D eigenvalue weighted by molar-refractivity contribution is -0.113. The Balaban J connectivity index is 1.45. The summed E-state index contributed by atoms with van der Waals surface area (Å²) in [7, 11) is 3.16. The standard InChI is InChI=1S/C25H31N5O3S/c1-32-21-13-20(14-22(15-21)33-2)26-24(31)18-34-25-28-27-23(17-29-11-7-4-8-12-29)30(25)16-19-9-5-3-6-10-19/h3,5-6,9-10,13-15H,4,7-8,11-12,16-18H2,1-2H3,(H,26,31). The fourth-order valence-corrected chi connectivity index (χ4v) is 4.75. The molecule has 0 saturated carbocycles. The van der Waals surface area contributed by atoms with Crippen molar-refractivity contribution >= 4 is 23.4 Å². The van der Waals surface area contributed by atoms with Crippen LogP contribution in [-0.2, 0) is 17.9 Å². The van der Waals surface area contributed by atoms with Crippen molar-refractivity contribution in [2.75, 3.05) is 38.4 Å². The number of hydrogen-bond donors (Lipinski definition) is 1. The number of ether oxygens (including phenoxy) is 2. The van der Waals surface area contributed by atoms with Gasteiger partial charge in [0.2, 0.25) is 5.91 Å². The van der Waals surface area contributed by atoms with E-state index in [-0.39, 0.29) is 11.7 Å². The zero-order chi connectivity index (χ0) is 23.8. The molecule has 9 heteroatoms. The molecule has 0 unspecified atom stereocenters. The van der Waals surface area contributed by atoms with Gasteiger partial charge in [0, 0.05) is 23.9 Å². The number of nitrogens with one attached hydrogen (secondary N) is 1. The Morgan fingerprint density at radius 3 is 2.35 bits per heavy atom. The number of carbonyl (C=O) groups excluding carboxylic acids is 1. The molecule has 1 fully saturated rings. The molecule has 180 valence electrons. The molecule has 2 aromatic carbocycles. The van der Waals surface area contributed by atoms with Gasteiger partial charge in [-0.2, -0.15) is 0 Å². The summed E-state index contributed by atoms with van der Waals surface area (Å²) in [5.41, 5.74) is 1.80. The number of nitrogens with zero attached hydrogens (tertiary/aromatic N) is 4. The Morgan fingerprint density at radius 2 is 1.68 bits per heavy atom. The minimum atomic E-state index is -0.132. The second kappa shape index (κ2) is 11.9. The molecular formula is C25H31N5O3S. The molecule has 0 spiro atoms. The van der Waals surface area contributed by atoms with Crippen molar-refractivity contribution in [1.82, 2.24) is 19.7 Å². The number of aromatic nitrogens is 3. The summed E-state index contributed by atoms with van der Waals surface area (Å²) < 4.78 is 12.7. The van der Waals surface area contributed by atoms with E-state index < -0.39 is 0 Å². The third kappa shape index (κ3) is 6.51. The highest BCUT2D eigenvalue weighted by molar-refractivity contribution is 7.99. The molecule has 1 amide bonds. The maximum absolute atomic E-state index is 12.7. The molecule has 34 heavy (non-hydrogen) atoms. The first-order valence-electron chi connectivity index (χ1n) is 11.5. The van der Waals surface area contributed by atoms with Gasteiger partial charge in [-0.25, -0.2) is 0 Å². The molecule has 2 heterocycles. The molecule has 3 aromatic rings. The number of methoxy groups -OCH3 is 2. The zero-order valence-electron chi connectivity index (χ0n) is 19.7. The predicted octanol–water partition coefficient (Wildman–Crippen LogP) is 4.06. The SMILES string of the molecule is COc1cc(NC(=O)CSc2nnc(CN3CCCCC3)n2Cc2ccccc2)cc(OC)c1. The third-order valence-corrected chi connectivity index (χ3v) is 6.73. The molecule has 8 nitrogen and oxygen atoms in total. The average molecular weight is 482 g/mol. The molecule has 1 aliphatic rings. The van der Waals surface area contributed by atoms with Crippen LogP contribution in [0.25, 0.3) is 0 Å². The van der Waals surface area contributed by atoms with E-state index in [0.717, 1.165) is 30.6 Å². The van der Waals surface area contributed by atoms with Gasteiger partial charge >= 0.3 is 0 Å². The lowest BCUT2D eigenvalue weighted by Crippen LogP contribution is -2.30. The number of hydrogen-bond acceptors (Lipinski definition) is 7. The van der Waals surface area contributed by atoms with Crippen LogP contribution in [-0.4, -0.2) is 58.6 Å². The fourth-order valence-electron chi connectivity index (χ4n) is 3.99. The fraction of sp³-hybridized carbons (Fsp3) is 0.400. The van der Waals surface area contributed by atoms with Gasteiger partial charge in [0.1, 0.15) is 17.3 Å². The maximum atomic E-state index is 12.7. The summed E-state index contributed by atoms with van der Waals surface area (Å²) in [6, 6.07) is 15.6. The summed E-state index contributed by atoms with van der Waals surface area (Å²) in [4.78, 5) is 15.1. The van der Waals surface area contributed by atoms with Crippen molar-refractivity contribution in [1.29, 1.82) is 0 Å². The molecule has 1 aliphatic heterocycles. The van der Waals surface area contributed by atoms with E-state index in [1.807, 2.05) is 18.2 Å². The summed E-state index contributed by atoms with van der Waals surface area (Å²) in [5, 5.41) is 12.6. The largest absolute Gasteiger partial charge is 0.497 e. The summed E-state index contributed by atoms with van der Waals surface area (Å²) in [5.74, 6) is 2.26.